The van der Waals surface area contributed by atoms with Gasteiger partial charge in [-0.1, -0.05) is 12.1 Å². The Balaban J connectivity index is 1.64. The lowest BCUT2D eigenvalue weighted by molar-refractivity contribution is -0.396. The number of rotatable bonds is 5. The van der Waals surface area contributed by atoms with Crippen LogP contribution in [0.25, 0.3) is 11.0 Å². The number of nitrogens with one attached hydrogen (secondary N) is 3. The number of benzene rings is 2. The van der Waals surface area contributed by atoms with E-state index in [-0.39, 0.29) is 5.91 Å². The fourth-order valence-corrected chi connectivity index (χ4v) is 3.12. The van der Waals surface area contributed by atoms with Crippen LogP contribution in [0.1, 0.15) is 11.1 Å². The summed E-state index contributed by atoms with van der Waals surface area (Å²) in [6.45, 7) is 4.00. The van der Waals surface area contributed by atoms with Gasteiger partial charge in [0.1, 0.15) is 5.75 Å². The lowest BCUT2D eigenvalue weighted by atomic mass is 10.1. The third-order valence-corrected chi connectivity index (χ3v) is 4.64. The molecule has 0 unspecified atom stereocenters. The molecule has 0 aliphatic rings. The summed E-state index contributed by atoms with van der Waals surface area (Å²) in [5, 5.41) is 3.81. The van der Waals surface area contributed by atoms with E-state index in [4.69, 9.17) is 4.74 Å². The van der Waals surface area contributed by atoms with Crippen LogP contribution in [-0.2, 0) is 4.79 Å². The standard InChI is InChI=1S/C18H19N3O2S/c1-11-4-5-12(2)15(8-11)19-17(22)10-24-18-20-14-7-6-13(23-3)9-16(14)21-18/h4-9H,10H2,1-3H3,(H,19,22)(H,20,21)/p+1. The maximum absolute atomic E-state index is 12.2. The Morgan fingerprint density at radius 3 is 2.88 bits per heavy atom. The molecule has 0 saturated carbocycles. The first-order valence-corrected chi connectivity index (χ1v) is 8.62. The van der Waals surface area contributed by atoms with Crippen LogP contribution in [0.3, 0.4) is 0 Å². The molecule has 0 saturated heterocycles. The summed E-state index contributed by atoms with van der Waals surface area (Å²) >= 11 is 1.43. The van der Waals surface area contributed by atoms with E-state index < -0.39 is 0 Å². The molecule has 1 heterocycles. The molecule has 24 heavy (non-hydrogen) atoms. The van der Waals surface area contributed by atoms with E-state index in [1.165, 1.54) is 11.8 Å². The molecule has 0 atom stereocenters. The molecule has 0 aliphatic heterocycles. The van der Waals surface area contributed by atoms with Gasteiger partial charge >= 0.3 is 5.16 Å². The first kappa shape index (κ1) is 16.4. The topological polar surface area (TPSA) is 68.3 Å². The second-order valence-corrected chi connectivity index (χ2v) is 6.63. The maximum atomic E-state index is 12.2. The number of methoxy groups -OCH3 is 1. The quantitative estimate of drug-likeness (QED) is 0.699. The second-order valence-electron chi connectivity index (χ2n) is 5.65. The fourth-order valence-electron chi connectivity index (χ4n) is 2.41. The zero-order chi connectivity index (χ0) is 17.1. The molecule has 3 aromatic rings. The summed E-state index contributed by atoms with van der Waals surface area (Å²) in [7, 11) is 1.64. The molecule has 1 aromatic heterocycles. The lowest BCUT2D eigenvalue weighted by Gasteiger charge is -2.08. The summed E-state index contributed by atoms with van der Waals surface area (Å²) in [5.74, 6) is 1.09. The Morgan fingerprint density at radius 1 is 1.25 bits per heavy atom. The molecule has 0 spiro atoms. The van der Waals surface area contributed by atoms with Gasteiger partial charge in [0, 0.05) is 11.8 Å². The molecule has 2 aromatic carbocycles. The summed E-state index contributed by atoms with van der Waals surface area (Å²) < 4.78 is 5.21. The monoisotopic (exact) mass is 342 g/mol. The van der Waals surface area contributed by atoms with Crippen LogP contribution in [-0.4, -0.2) is 23.8 Å². The van der Waals surface area contributed by atoms with Crippen molar-refractivity contribution in [3.63, 3.8) is 0 Å². The molecule has 0 fully saturated rings. The van der Waals surface area contributed by atoms with Gasteiger partial charge in [-0.2, -0.15) is 0 Å². The van der Waals surface area contributed by atoms with Gasteiger partial charge in [-0.3, -0.25) is 4.79 Å². The van der Waals surface area contributed by atoms with E-state index in [1.54, 1.807) is 7.11 Å². The highest BCUT2D eigenvalue weighted by Crippen LogP contribution is 2.21. The van der Waals surface area contributed by atoms with Crippen molar-refractivity contribution in [1.82, 2.24) is 4.98 Å². The minimum atomic E-state index is -0.0293. The van der Waals surface area contributed by atoms with E-state index in [9.17, 15) is 4.79 Å². The fraction of sp³-hybridized carbons (Fsp3) is 0.222. The molecule has 5 nitrogen and oxygen atoms in total. The number of aromatic nitrogens is 2. The van der Waals surface area contributed by atoms with Crippen molar-refractivity contribution < 1.29 is 14.5 Å². The van der Waals surface area contributed by atoms with Crippen molar-refractivity contribution >= 4 is 34.4 Å². The highest BCUT2D eigenvalue weighted by atomic mass is 32.2. The van der Waals surface area contributed by atoms with Gasteiger partial charge in [0.05, 0.1) is 12.9 Å². The Morgan fingerprint density at radius 2 is 2.08 bits per heavy atom. The number of aromatic amines is 2. The predicted molar refractivity (Wildman–Crippen MR) is 96.7 cm³/mol. The molecule has 0 radical (unpaired) electrons. The average Bonchev–Trinajstić information content (AvgIpc) is 2.98. The van der Waals surface area contributed by atoms with Gasteiger partial charge in [0.2, 0.25) is 5.91 Å². The molecular weight excluding hydrogens is 322 g/mol. The van der Waals surface area contributed by atoms with Crippen LogP contribution in [0.5, 0.6) is 5.75 Å². The third-order valence-electron chi connectivity index (χ3n) is 3.74. The van der Waals surface area contributed by atoms with Gasteiger partial charge in [-0.15, -0.1) is 0 Å². The van der Waals surface area contributed by atoms with E-state index in [0.29, 0.717) is 5.75 Å². The summed E-state index contributed by atoms with van der Waals surface area (Å²) in [6.07, 6.45) is 0. The average molecular weight is 342 g/mol. The summed E-state index contributed by atoms with van der Waals surface area (Å²) in [4.78, 5) is 18.7. The van der Waals surface area contributed by atoms with Crippen LogP contribution in [0, 0.1) is 13.8 Å². The molecule has 0 aliphatic carbocycles. The molecule has 0 bridgehead atoms. The first-order valence-electron chi connectivity index (χ1n) is 7.64. The number of carbonyl (C=O) groups excluding carboxylic acids is 1. The number of thioether (sulfide) groups is 1. The summed E-state index contributed by atoms with van der Waals surface area (Å²) in [6, 6.07) is 11.8. The number of H-pyrrole nitrogens is 2. The predicted octanol–water partition coefficient (Wildman–Crippen LogP) is 3.34. The SMILES string of the molecule is COc1ccc2[nH+]c(SCC(=O)Nc3cc(C)ccc3C)[nH]c2c1. The Labute approximate surface area is 144 Å². The number of hydrogen-bond donors (Lipinski definition) is 2. The van der Waals surface area contributed by atoms with Crippen molar-refractivity contribution in [2.24, 2.45) is 0 Å². The lowest BCUT2D eigenvalue weighted by Crippen LogP contribution is -2.16. The number of hydrogen-bond acceptors (Lipinski definition) is 3. The Bertz CT molecular complexity index is 889. The number of anilines is 1. The number of ether oxygens (including phenoxy) is 1. The highest BCUT2D eigenvalue weighted by Gasteiger charge is 2.14. The van der Waals surface area contributed by atoms with E-state index >= 15 is 0 Å². The van der Waals surface area contributed by atoms with Gasteiger partial charge in [-0.25, -0.2) is 9.97 Å². The normalized spacial score (nSPS) is 10.8. The third kappa shape index (κ3) is 3.71. The van der Waals surface area contributed by atoms with Crippen molar-refractivity contribution in [1.29, 1.82) is 0 Å². The Hall–Kier alpha value is -2.47. The molecule has 124 valence electrons. The zero-order valence-corrected chi connectivity index (χ0v) is 14.7. The van der Waals surface area contributed by atoms with Crippen LogP contribution in [0.15, 0.2) is 41.6 Å². The largest absolute Gasteiger partial charge is 0.497 e. The number of carbonyl (C=O) groups is 1. The van der Waals surface area contributed by atoms with Crippen LogP contribution < -0.4 is 15.0 Å². The van der Waals surface area contributed by atoms with Crippen molar-refractivity contribution in [2.45, 2.75) is 19.0 Å². The molecular formula is C18H20N3O2S+. The first-order chi connectivity index (χ1) is 11.5. The van der Waals surface area contributed by atoms with Crippen LogP contribution in [0.2, 0.25) is 0 Å². The van der Waals surface area contributed by atoms with Crippen molar-refractivity contribution in [2.75, 3.05) is 18.2 Å². The van der Waals surface area contributed by atoms with Crippen molar-refractivity contribution in [3.05, 3.63) is 47.5 Å². The maximum Gasteiger partial charge on any atom is 0.315 e. The summed E-state index contributed by atoms with van der Waals surface area (Å²) in [5.41, 5.74) is 4.98. The van der Waals surface area contributed by atoms with Gasteiger partial charge in [0.25, 0.3) is 0 Å². The molecule has 6 heteroatoms. The number of fused-ring (bicyclic) bond motifs is 1. The van der Waals surface area contributed by atoms with Gasteiger partial charge in [-0.05, 0) is 54.9 Å². The molecule has 1 amide bonds. The molecule has 3 N–H and O–H groups in total. The zero-order valence-electron chi connectivity index (χ0n) is 13.9. The van der Waals surface area contributed by atoms with Crippen LogP contribution >= 0.6 is 11.8 Å². The van der Waals surface area contributed by atoms with Crippen LogP contribution in [0.4, 0.5) is 5.69 Å². The van der Waals surface area contributed by atoms with E-state index in [2.05, 4.69) is 15.3 Å². The minimum absolute atomic E-state index is 0.0293. The Kier molecular flexibility index (Phi) is 4.76. The van der Waals surface area contributed by atoms with Gasteiger partial charge < -0.3 is 10.1 Å². The highest BCUT2D eigenvalue weighted by molar-refractivity contribution is 7.99. The smallest absolute Gasteiger partial charge is 0.315 e. The number of imidazole rings is 1. The second kappa shape index (κ2) is 6.97. The minimum Gasteiger partial charge on any atom is -0.497 e. The number of amides is 1. The van der Waals surface area contributed by atoms with E-state index in [1.807, 2.05) is 50.2 Å². The van der Waals surface area contributed by atoms with E-state index in [0.717, 1.165) is 38.8 Å². The molecule has 3 rings (SSSR count). The number of aryl methyl sites for hydroxylation is 2. The van der Waals surface area contributed by atoms with Gasteiger partial charge in [0.15, 0.2) is 11.0 Å². The van der Waals surface area contributed by atoms with Crippen molar-refractivity contribution in [3.8, 4) is 5.75 Å².